The van der Waals surface area contributed by atoms with Crippen LogP contribution < -0.4 is 10.9 Å². The molecule has 0 aliphatic heterocycles. The van der Waals surface area contributed by atoms with E-state index in [9.17, 15) is 14.4 Å². The monoisotopic (exact) mass is 353 g/mol. The van der Waals surface area contributed by atoms with Crippen molar-refractivity contribution in [2.45, 2.75) is 44.7 Å². The van der Waals surface area contributed by atoms with E-state index in [-0.39, 0.29) is 12.1 Å². The number of carbonyl (C=O) groups is 2. The van der Waals surface area contributed by atoms with Crippen molar-refractivity contribution in [1.82, 2.24) is 15.1 Å². The summed E-state index contributed by atoms with van der Waals surface area (Å²) in [7, 11) is 1.29. The summed E-state index contributed by atoms with van der Waals surface area (Å²) in [5, 5.41) is 6.94. The molecule has 132 valence electrons. The van der Waals surface area contributed by atoms with Crippen molar-refractivity contribution in [1.29, 1.82) is 0 Å². The van der Waals surface area contributed by atoms with E-state index in [0.717, 1.165) is 42.7 Å². The van der Waals surface area contributed by atoms with Crippen LogP contribution in [0.25, 0.3) is 0 Å². The number of nitrogens with zero attached hydrogens (tertiary/aromatic N) is 2. The number of esters is 1. The van der Waals surface area contributed by atoms with Gasteiger partial charge in [-0.3, -0.25) is 9.59 Å². The fraction of sp³-hybridized carbons (Fsp3) is 0.625. The number of rotatable bonds is 7. The number of thioether (sulfide) groups is 1. The molecule has 0 spiro atoms. The topological polar surface area (TPSA) is 90.3 Å². The summed E-state index contributed by atoms with van der Waals surface area (Å²) < 4.78 is 5.88. The van der Waals surface area contributed by atoms with Crippen molar-refractivity contribution in [3.63, 3.8) is 0 Å². The van der Waals surface area contributed by atoms with Gasteiger partial charge in [-0.1, -0.05) is 0 Å². The van der Waals surface area contributed by atoms with E-state index >= 15 is 0 Å². The van der Waals surface area contributed by atoms with Crippen LogP contribution >= 0.6 is 11.8 Å². The van der Waals surface area contributed by atoms with Crippen LogP contribution in [0.2, 0.25) is 0 Å². The number of nitrogens with one attached hydrogen (secondary N) is 1. The number of amides is 1. The van der Waals surface area contributed by atoms with Crippen molar-refractivity contribution in [2.75, 3.05) is 19.1 Å². The summed E-state index contributed by atoms with van der Waals surface area (Å²) in [5.41, 5.74) is 1.58. The van der Waals surface area contributed by atoms with Gasteiger partial charge in [0.05, 0.1) is 12.8 Å². The van der Waals surface area contributed by atoms with Crippen molar-refractivity contribution in [3.05, 3.63) is 27.7 Å². The third kappa shape index (κ3) is 4.83. The molecule has 1 aromatic rings. The molecule has 1 aromatic heterocycles. The Morgan fingerprint density at radius 1 is 1.42 bits per heavy atom. The van der Waals surface area contributed by atoms with E-state index in [1.807, 2.05) is 6.26 Å². The highest BCUT2D eigenvalue weighted by Gasteiger charge is 2.22. The minimum Gasteiger partial charge on any atom is -0.467 e. The molecule has 2 rings (SSSR count). The molecule has 0 saturated carbocycles. The summed E-state index contributed by atoms with van der Waals surface area (Å²) in [5.74, 6) is -0.183. The molecule has 0 saturated heterocycles. The Hall–Kier alpha value is -1.83. The molecule has 1 aliphatic carbocycles. The maximum Gasteiger partial charge on any atom is 0.328 e. The lowest BCUT2D eigenvalue weighted by molar-refractivity contribution is -0.145. The van der Waals surface area contributed by atoms with Crippen LogP contribution in [0.4, 0.5) is 0 Å². The van der Waals surface area contributed by atoms with Gasteiger partial charge in [-0.25, -0.2) is 9.48 Å². The number of carbonyl (C=O) groups excluding carboxylic acids is 2. The molecular weight excluding hydrogens is 330 g/mol. The molecule has 0 aromatic carbocycles. The van der Waals surface area contributed by atoms with E-state index in [4.69, 9.17) is 4.74 Å². The Balaban J connectivity index is 2.05. The number of ether oxygens (including phenoxy) is 1. The average molecular weight is 353 g/mol. The maximum atomic E-state index is 12.2. The quantitative estimate of drug-likeness (QED) is 0.719. The smallest absolute Gasteiger partial charge is 0.328 e. The minimum atomic E-state index is -0.705. The largest absolute Gasteiger partial charge is 0.467 e. The molecule has 1 atom stereocenters. The number of aryl methyl sites for hydroxylation is 2. The lowest BCUT2D eigenvalue weighted by atomic mass is 9.97. The number of methoxy groups -OCH3 is 1. The van der Waals surface area contributed by atoms with Crippen LogP contribution in [-0.4, -0.2) is 46.8 Å². The van der Waals surface area contributed by atoms with Gasteiger partial charge in [0.25, 0.3) is 5.56 Å². The molecule has 0 bridgehead atoms. The highest BCUT2D eigenvalue weighted by Crippen LogP contribution is 2.16. The van der Waals surface area contributed by atoms with Gasteiger partial charge >= 0.3 is 5.97 Å². The first-order valence-corrected chi connectivity index (χ1v) is 9.40. The molecule has 1 heterocycles. The summed E-state index contributed by atoms with van der Waals surface area (Å²) in [6.07, 6.45) is 6.21. The third-order valence-electron chi connectivity index (χ3n) is 4.00. The zero-order valence-corrected chi connectivity index (χ0v) is 14.9. The molecule has 24 heavy (non-hydrogen) atoms. The maximum absolute atomic E-state index is 12.2. The molecule has 7 nitrogen and oxygen atoms in total. The van der Waals surface area contributed by atoms with Gasteiger partial charge in [0.15, 0.2) is 0 Å². The van der Waals surface area contributed by atoms with Gasteiger partial charge < -0.3 is 10.1 Å². The average Bonchev–Trinajstić information content (AvgIpc) is 2.58. The fourth-order valence-electron chi connectivity index (χ4n) is 2.72. The van der Waals surface area contributed by atoms with Crippen LogP contribution in [0.1, 0.15) is 30.5 Å². The SMILES string of the molecule is COC(=O)[C@H](CCSC)NC(=O)Cn1nc2c(cc1=O)CCCC2. The van der Waals surface area contributed by atoms with Gasteiger partial charge in [-0.05, 0) is 49.7 Å². The van der Waals surface area contributed by atoms with Gasteiger partial charge in [-0.2, -0.15) is 16.9 Å². The Labute approximate surface area is 145 Å². The predicted molar refractivity (Wildman–Crippen MR) is 92.1 cm³/mol. The van der Waals surface area contributed by atoms with Crippen LogP contribution in [0.15, 0.2) is 10.9 Å². The summed E-state index contributed by atoms with van der Waals surface area (Å²) in [4.78, 5) is 36.0. The predicted octanol–water partition coefficient (Wildman–Crippen LogP) is 0.533. The molecule has 0 unspecified atom stereocenters. The highest BCUT2D eigenvalue weighted by molar-refractivity contribution is 7.98. The van der Waals surface area contributed by atoms with E-state index in [0.29, 0.717) is 6.42 Å². The molecule has 1 aliphatic rings. The van der Waals surface area contributed by atoms with Crippen molar-refractivity contribution in [2.24, 2.45) is 0 Å². The molecule has 8 heteroatoms. The Kier molecular flexibility index (Phi) is 6.84. The van der Waals surface area contributed by atoms with Crippen LogP contribution in [-0.2, 0) is 33.7 Å². The molecule has 0 fully saturated rings. The van der Waals surface area contributed by atoms with Crippen molar-refractivity contribution in [3.8, 4) is 0 Å². The summed E-state index contributed by atoms with van der Waals surface area (Å²) in [6.45, 7) is -0.196. The van der Waals surface area contributed by atoms with Crippen LogP contribution in [0.3, 0.4) is 0 Å². The fourth-order valence-corrected chi connectivity index (χ4v) is 3.19. The second-order valence-corrected chi connectivity index (χ2v) is 6.73. The minimum absolute atomic E-state index is 0.196. The summed E-state index contributed by atoms with van der Waals surface area (Å²) >= 11 is 1.58. The first-order valence-electron chi connectivity index (χ1n) is 8.01. The standard InChI is InChI=1S/C16H23N3O4S/c1-23-16(22)13(7-8-24-2)17-14(20)10-19-15(21)9-11-5-3-4-6-12(11)18-19/h9,13H,3-8,10H2,1-2H3,(H,17,20)/t13-/m0/s1. The first-order chi connectivity index (χ1) is 11.5. The molecule has 0 radical (unpaired) electrons. The van der Waals surface area contributed by atoms with Crippen molar-refractivity contribution >= 4 is 23.6 Å². The van der Waals surface area contributed by atoms with E-state index in [1.165, 1.54) is 11.8 Å². The number of hydrogen-bond donors (Lipinski definition) is 1. The van der Waals surface area contributed by atoms with E-state index in [1.54, 1.807) is 17.8 Å². The number of fused-ring (bicyclic) bond motifs is 1. The second kappa shape index (κ2) is 8.86. The lowest BCUT2D eigenvalue weighted by Crippen LogP contribution is -2.44. The van der Waals surface area contributed by atoms with Crippen LogP contribution in [0, 0.1) is 0 Å². The zero-order chi connectivity index (χ0) is 17.5. The Morgan fingerprint density at radius 3 is 2.88 bits per heavy atom. The second-order valence-electron chi connectivity index (χ2n) is 5.74. The van der Waals surface area contributed by atoms with Gasteiger partial charge in [-0.15, -0.1) is 0 Å². The Bertz CT molecular complexity index is 659. The van der Waals surface area contributed by atoms with Crippen molar-refractivity contribution < 1.29 is 14.3 Å². The normalized spacial score (nSPS) is 14.6. The molecular formula is C16H23N3O4S. The van der Waals surface area contributed by atoms with Crippen LogP contribution in [0.5, 0.6) is 0 Å². The van der Waals surface area contributed by atoms with Gasteiger partial charge in [0, 0.05) is 6.07 Å². The molecule has 1 amide bonds. The third-order valence-corrected chi connectivity index (χ3v) is 4.64. The number of aromatic nitrogens is 2. The summed E-state index contributed by atoms with van der Waals surface area (Å²) in [6, 6.07) is 0.864. The lowest BCUT2D eigenvalue weighted by Gasteiger charge is -2.18. The van der Waals surface area contributed by atoms with Gasteiger partial charge in [0.2, 0.25) is 5.91 Å². The van der Waals surface area contributed by atoms with Gasteiger partial charge in [0.1, 0.15) is 12.6 Å². The molecule has 1 N–H and O–H groups in total. The first kappa shape index (κ1) is 18.5. The number of hydrogen-bond acceptors (Lipinski definition) is 6. The highest BCUT2D eigenvalue weighted by atomic mass is 32.2. The van der Waals surface area contributed by atoms with E-state index in [2.05, 4.69) is 10.4 Å². The Morgan fingerprint density at radius 2 is 2.17 bits per heavy atom. The zero-order valence-electron chi connectivity index (χ0n) is 14.0. The van der Waals surface area contributed by atoms with E-state index < -0.39 is 17.9 Å².